The lowest BCUT2D eigenvalue weighted by Gasteiger charge is -2.37. The van der Waals surface area contributed by atoms with Gasteiger partial charge in [0.1, 0.15) is 18.3 Å². The molecule has 1 heterocycles. The number of aliphatic hydroxyl groups is 3. The van der Waals surface area contributed by atoms with E-state index in [1.54, 1.807) is 0 Å². The second-order valence-electron chi connectivity index (χ2n) is 5.51. The Hall–Kier alpha value is -1.06. The normalized spacial score (nSPS) is 36.2. The van der Waals surface area contributed by atoms with Crippen molar-refractivity contribution in [2.24, 2.45) is 11.7 Å². The van der Waals surface area contributed by atoms with Crippen molar-refractivity contribution >= 4 is 11.8 Å². The molecule has 1 fully saturated rings. The summed E-state index contributed by atoms with van der Waals surface area (Å²) in [5.41, 5.74) is 1.57. The van der Waals surface area contributed by atoms with Gasteiger partial charge in [-0.1, -0.05) is 13.8 Å². The van der Waals surface area contributed by atoms with Crippen LogP contribution in [0.15, 0.2) is 0 Å². The van der Waals surface area contributed by atoms with Crippen LogP contribution in [-0.2, 0) is 19.1 Å². The van der Waals surface area contributed by atoms with Crippen LogP contribution < -0.4 is 5.73 Å². The second kappa shape index (κ2) is 5.98. The van der Waals surface area contributed by atoms with Crippen LogP contribution in [0.3, 0.4) is 0 Å². The van der Waals surface area contributed by atoms with Crippen molar-refractivity contribution in [2.45, 2.75) is 50.2 Å². The van der Waals surface area contributed by atoms with Gasteiger partial charge in [-0.25, -0.2) is 4.79 Å². The Morgan fingerprint density at radius 1 is 1.52 bits per heavy atom. The lowest BCUT2D eigenvalue weighted by atomic mass is 9.74. The number of Topliss-reactive ketones (excluding diaryl/α,β-unsaturated/α-hetero) is 1. The second-order valence-corrected chi connectivity index (χ2v) is 5.51. The summed E-state index contributed by atoms with van der Waals surface area (Å²) >= 11 is 0. The van der Waals surface area contributed by atoms with Gasteiger partial charge in [0.05, 0.1) is 13.7 Å². The van der Waals surface area contributed by atoms with Crippen LogP contribution in [0.1, 0.15) is 22.1 Å². The van der Waals surface area contributed by atoms with Gasteiger partial charge in [-0.2, -0.15) is 0 Å². The van der Waals surface area contributed by atoms with Gasteiger partial charge < -0.3 is 30.5 Å². The van der Waals surface area contributed by atoms with Gasteiger partial charge in [-0.15, -0.1) is 0 Å². The average molecular weight is 306 g/mol. The van der Waals surface area contributed by atoms with Crippen molar-refractivity contribution in [2.75, 3.05) is 13.7 Å². The lowest BCUT2D eigenvalue weighted by molar-refractivity contribution is -0.168. The van der Waals surface area contributed by atoms with Crippen LogP contribution in [0.2, 0.25) is 0 Å². The van der Waals surface area contributed by atoms with Crippen LogP contribution in [0, 0.1) is 5.92 Å². The standard InChI is InChI=1S/C13H23NO7/c1-6(2)13(14,11(19)20-4)10(18)12(3)9(17)8(16)7(5-15)21-12/h6-9,15-17H,5,14H2,1-4H3/t7-,8-,9-,12?,13?/m1/s1/i3D. The van der Waals surface area contributed by atoms with Gasteiger partial charge in [0, 0.05) is 1.37 Å². The summed E-state index contributed by atoms with van der Waals surface area (Å²) in [5.74, 6) is -2.80. The maximum Gasteiger partial charge on any atom is 0.334 e. The Bertz CT molecular complexity index is 446. The molecule has 0 aliphatic carbocycles. The summed E-state index contributed by atoms with van der Waals surface area (Å²) in [5, 5.41) is 29.1. The zero-order valence-electron chi connectivity index (χ0n) is 13.3. The first-order valence-electron chi connectivity index (χ1n) is 7.20. The number of aliphatic hydroxyl groups excluding tert-OH is 3. The molecule has 21 heavy (non-hydrogen) atoms. The highest BCUT2D eigenvalue weighted by Crippen LogP contribution is 2.36. The molecule has 8 heteroatoms. The van der Waals surface area contributed by atoms with Crippen LogP contribution in [-0.4, -0.2) is 70.2 Å². The van der Waals surface area contributed by atoms with Crippen LogP contribution in [0.25, 0.3) is 0 Å². The largest absolute Gasteiger partial charge is 0.467 e. The first-order valence-corrected chi connectivity index (χ1v) is 6.49. The maximum atomic E-state index is 12.9. The minimum Gasteiger partial charge on any atom is -0.467 e. The van der Waals surface area contributed by atoms with E-state index in [0.717, 1.165) is 7.11 Å². The molecule has 0 amide bonds. The topological polar surface area (TPSA) is 139 Å². The van der Waals surface area contributed by atoms with E-state index in [0.29, 0.717) is 0 Å². The molecule has 0 spiro atoms. The number of ether oxygens (including phenoxy) is 2. The first kappa shape index (κ1) is 16.3. The summed E-state index contributed by atoms with van der Waals surface area (Å²) in [6.45, 7) is 1.58. The number of nitrogens with two attached hydrogens (primary N) is 1. The van der Waals surface area contributed by atoms with Gasteiger partial charge in [0.15, 0.2) is 16.9 Å². The van der Waals surface area contributed by atoms with Gasteiger partial charge in [0.25, 0.3) is 0 Å². The van der Waals surface area contributed by atoms with E-state index in [9.17, 15) is 19.8 Å². The van der Waals surface area contributed by atoms with Crippen molar-refractivity contribution < 1.29 is 35.8 Å². The summed E-state index contributed by atoms with van der Waals surface area (Å²) < 4.78 is 17.4. The third kappa shape index (κ3) is 2.58. The molecule has 2 unspecified atom stereocenters. The van der Waals surface area contributed by atoms with Crippen molar-refractivity contribution in [3.8, 4) is 0 Å². The number of carbonyl (C=O) groups is 2. The monoisotopic (exact) mass is 306 g/mol. The minimum absolute atomic E-state index is 0.662. The molecular weight excluding hydrogens is 282 g/mol. The zero-order valence-corrected chi connectivity index (χ0v) is 12.3. The Kier molecular flexibility index (Phi) is 4.64. The number of ketones is 1. The van der Waals surface area contributed by atoms with Gasteiger partial charge in [0.2, 0.25) is 0 Å². The fourth-order valence-electron chi connectivity index (χ4n) is 2.33. The molecule has 1 aliphatic heterocycles. The van der Waals surface area contributed by atoms with Gasteiger partial charge in [-0.05, 0) is 12.8 Å². The molecule has 0 aromatic carbocycles. The predicted molar refractivity (Wildman–Crippen MR) is 71.2 cm³/mol. The number of hydrogen-bond acceptors (Lipinski definition) is 8. The first-order chi connectivity index (χ1) is 10.1. The highest BCUT2D eigenvalue weighted by molar-refractivity contribution is 6.12. The molecule has 0 saturated carbocycles. The van der Waals surface area contributed by atoms with E-state index in [4.69, 9.17) is 16.9 Å². The summed E-state index contributed by atoms with van der Waals surface area (Å²) in [6, 6.07) is 0. The third-order valence-corrected chi connectivity index (χ3v) is 3.92. The fourth-order valence-corrected chi connectivity index (χ4v) is 2.33. The Morgan fingerprint density at radius 3 is 2.43 bits per heavy atom. The number of rotatable bonds is 5. The molecule has 0 bridgehead atoms. The molecule has 5 N–H and O–H groups in total. The number of esters is 1. The fraction of sp³-hybridized carbons (Fsp3) is 0.846. The molecule has 0 aromatic rings. The van der Waals surface area contributed by atoms with E-state index in [2.05, 4.69) is 4.74 Å². The van der Waals surface area contributed by atoms with E-state index in [1.165, 1.54) is 13.8 Å². The Morgan fingerprint density at radius 2 is 2.10 bits per heavy atom. The minimum atomic E-state index is -2.21. The SMILES string of the molecule is [2H]CC1(C(=O)C(N)(C(=O)OC)C(C)C)O[C@H](CO)[C@@H](O)[C@H]1O. The highest BCUT2D eigenvalue weighted by atomic mass is 16.6. The third-order valence-electron chi connectivity index (χ3n) is 3.92. The van der Waals surface area contributed by atoms with Crippen molar-refractivity contribution in [1.82, 2.24) is 0 Å². The highest BCUT2D eigenvalue weighted by Gasteiger charge is 2.62. The number of carbonyl (C=O) groups excluding carboxylic acids is 2. The smallest absolute Gasteiger partial charge is 0.334 e. The molecule has 122 valence electrons. The molecule has 5 atom stereocenters. The number of hydrogen-bond donors (Lipinski definition) is 4. The Balaban J connectivity index is 3.35. The van der Waals surface area contributed by atoms with E-state index in [1.807, 2.05) is 0 Å². The zero-order chi connectivity index (χ0) is 17.3. The molecule has 0 radical (unpaired) electrons. The maximum absolute atomic E-state index is 12.9. The van der Waals surface area contributed by atoms with Crippen LogP contribution in [0.5, 0.6) is 0 Å². The van der Waals surface area contributed by atoms with Gasteiger partial charge in [-0.3, -0.25) is 4.79 Å². The molecule has 0 aromatic heterocycles. The quantitative estimate of drug-likeness (QED) is 0.336. The van der Waals surface area contributed by atoms with Crippen molar-refractivity contribution in [3.63, 3.8) is 0 Å². The summed E-state index contributed by atoms with van der Waals surface area (Å²) in [4.78, 5) is 24.8. The molecule has 1 saturated heterocycles. The summed E-state index contributed by atoms with van der Waals surface area (Å²) in [6.07, 6.45) is -4.62. The molecular formula is C13H23NO7. The van der Waals surface area contributed by atoms with Crippen LogP contribution >= 0.6 is 0 Å². The lowest BCUT2D eigenvalue weighted by Crippen LogP contribution is -2.67. The van der Waals surface area contributed by atoms with Crippen LogP contribution in [0.4, 0.5) is 0 Å². The average Bonchev–Trinajstić information content (AvgIpc) is 2.77. The number of methoxy groups -OCH3 is 1. The van der Waals surface area contributed by atoms with Gasteiger partial charge >= 0.3 is 5.97 Å². The molecule has 1 aliphatic rings. The molecule has 8 nitrogen and oxygen atoms in total. The van der Waals surface area contributed by atoms with Crippen molar-refractivity contribution in [1.29, 1.82) is 0 Å². The molecule has 1 rings (SSSR count). The Labute approximate surface area is 124 Å². The predicted octanol–water partition coefficient (Wildman–Crippen LogP) is -2.05. The van der Waals surface area contributed by atoms with Crippen molar-refractivity contribution in [3.05, 3.63) is 0 Å². The van der Waals surface area contributed by atoms with E-state index < -0.39 is 60.6 Å². The van der Waals surface area contributed by atoms with E-state index >= 15 is 0 Å². The summed E-state index contributed by atoms with van der Waals surface area (Å²) in [7, 11) is 1.06. The van der Waals surface area contributed by atoms with E-state index in [-0.39, 0.29) is 0 Å².